The molecule has 1 saturated heterocycles. The first-order valence-electron chi connectivity index (χ1n) is 7.22. The summed E-state index contributed by atoms with van der Waals surface area (Å²) in [5, 5.41) is 0. The van der Waals surface area contributed by atoms with Crippen LogP contribution in [0.4, 0.5) is 0 Å². The Morgan fingerprint density at radius 3 is 2.39 bits per heavy atom. The second-order valence-corrected chi connectivity index (χ2v) is 5.67. The van der Waals surface area contributed by atoms with E-state index in [0.29, 0.717) is 6.04 Å². The Bertz CT molecular complexity index is 350. The molecule has 1 atom stereocenters. The van der Waals surface area contributed by atoms with Gasteiger partial charge in [-0.25, -0.2) is 0 Å². The van der Waals surface area contributed by atoms with Gasteiger partial charge >= 0.3 is 0 Å². The molecular weight excluding hydrogens is 220 g/mol. The molecule has 0 bridgehead atoms. The van der Waals surface area contributed by atoms with Gasteiger partial charge in [-0.05, 0) is 50.8 Å². The van der Waals surface area contributed by atoms with Crippen molar-refractivity contribution >= 4 is 0 Å². The number of benzene rings is 1. The third-order valence-electron chi connectivity index (χ3n) is 4.24. The summed E-state index contributed by atoms with van der Waals surface area (Å²) in [6.07, 6.45) is 3.64. The summed E-state index contributed by atoms with van der Waals surface area (Å²) in [5.41, 5.74) is 8.91. The minimum atomic E-state index is 0.409. The van der Waals surface area contributed by atoms with Crippen LogP contribution in [0.2, 0.25) is 0 Å². The second kappa shape index (κ2) is 6.35. The summed E-state index contributed by atoms with van der Waals surface area (Å²) in [6.45, 7) is 7.83. The van der Waals surface area contributed by atoms with Crippen molar-refractivity contribution in [1.29, 1.82) is 0 Å². The van der Waals surface area contributed by atoms with Crippen LogP contribution in [0.5, 0.6) is 0 Å². The smallest absolute Gasteiger partial charge is 0.0233 e. The highest BCUT2D eigenvalue weighted by molar-refractivity contribution is 5.21. The first kappa shape index (κ1) is 13.6. The first-order valence-corrected chi connectivity index (χ1v) is 7.22. The van der Waals surface area contributed by atoms with Crippen LogP contribution in [0, 0.1) is 12.8 Å². The molecule has 100 valence electrons. The predicted molar refractivity (Wildman–Crippen MR) is 77.4 cm³/mol. The molecule has 1 aliphatic heterocycles. The van der Waals surface area contributed by atoms with Gasteiger partial charge in [-0.1, -0.05) is 36.8 Å². The van der Waals surface area contributed by atoms with E-state index in [1.807, 2.05) is 0 Å². The van der Waals surface area contributed by atoms with Gasteiger partial charge in [0.25, 0.3) is 0 Å². The Morgan fingerprint density at radius 2 is 1.83 bits per heavy atom. The largest absolute Gasteiger partial charge is 0.327 e. The van der Waals surface area contributed by atoms with Crippen LogP contribution in [0.25, 0.3) is 0 Å². The fourth-order valence-corrected chi connectivity index (χ4v) is 2.82. The van der Waals surface area contributed by atoms with Crippen LogP contribution in [0.1, 0.15) is 37.3 Å². The summed E-state index contributed by atoms with van der Waals surface area (Å²) >= 11 is 0. The molecule has 0 spiro atoms. The van der Waals surface area contributed by atoms with Gasteiger partial charge in [0.2, 0.25) is 0 Å². The Hall–Kier alpha value is -0.860. The van der Waals surface area contributed by atoms with E-state index < -0.39 is 0 Å². The monoisotopic (exact) mass is 246 g/mol. The molecule has 0 radical (unpaired) electrons. The number of hydrogen-bond acceptors (Lipinski definition) is 2. The van der Waals surface area contributed by atoms with E-state index in [-0.39, 0.29) is 0 Å². The van der Waals surface area contributed by atoms with Gasteiger partial charge in [-0.2, -0.15) is 0 Å². The SMILES string of the molecule is CCC(N)C1CCN(Cc2ccc(C)cc2)CC1. The molecule has 2 rings (SSSR count). The molecule has 1 unspecified atom stereocenters. The number of likely N-dealkylation sites (tertiary alicyclic amines) is 1. The van der Waals surface area contributed by atoms with E-state index >= 15 is 0 Å². The Morgan fingerprint density at radius 1 is 1.22 bits per heavy atom. The molecule has 1 fully saturated rings. The van der Waals surface area contributed by atoms with Crippen molar-refractivity contribution < 1.29 is 0 Å². The van der Waals surface area contributed by atoms with Gasteiger partial charge in [0.15, 0.2) is 0 Å². The third-order valence-corrected chi connectivity index (χ3v) is 4.24. The molecule has 0 aromatic heterocycles. The maximum absolute atomic E-state index is 6.14. The zero-order chi connectivity index (χ0) is 13.0. The molecule has 1 aliphatic rings. The van der Waals surface area contributed by atoms with Crippen LogP contribution >= 0.6 is 0 Å². The number of nitrogens with zero attached hydrogens (tertiary/aromatic N) is 1. The minimum absolute atomic E-state index is 0.409. The molecule has 1 heterocycles. The molecule has 2 heteroatoms. The Balaban J connectivity index is 1.81. The minimum Gasteiger partial charge on any atom is -0.327 e. The third kappa shape index (κ3) is 3.56. The lowest BCUT2D eigenvalue weighted by Crippen LogP contribution is -2.40. The molecule has 1 aromatic carbocycles. The maximum atomic E-state index is 6.14. The zero-order valence-corrected chi connectivity index (χ0v) is 11.7. The van der Waals surface area contributed by atoms with Crippen molar-refractivity contribution in [3.8, 4) is 0 Å². The average Bonchev–Trinajstić information content (AvgIpc) is 2.41. The van der Waals surface area contributed by atoms with Gasteiger partial charge in [0, 0.05) is 12.6 Å². The van der Waals surface area contributed by atoms with Crippen LogP contribution in [-0.2, 0) is 6.54 Å². The summed E-state index contributed by atoms with van der Waals surface area (Å²) in [6, 6.07) is 9.31. The van der Waals surface area contributed by atoms with Crippen LogP contribution in [0.15, 0.2) is 24.3 Å². The summed E-state index contributed by atoms with van der Waals surface area (Å²) in [7, 11) is 0. The summed E-state index contributed by atoms with van der Waals surface area (Å²) < 4.78 is 0. The molecule has 1 aromatic rings. The lowest BCUT2D eigenvalue weighted by Gasteiger charge is -2.34. The van der Waals surface area contributed by atoms with Crippen molar-refractivity contribution in [2.75, 3.05) is 13.1 Å². The lowest BCUT2D eigenvalue weighted by molar-refractivity contribution is 0.161. The van der Waals surface area contributed by atoms with Gasteiger partial charge in [-0.3, -0.25) is 4.90 Å². The highest BCUT2D eigenvalue weighted by Gasteiger charge is 2.22. The second-order valence-electron chi connectivity index (χ2n) is 5.67. The van der Waals surface area contributed by atoms with Crippen molar-refractivity contribution in [3.05, 3.63) is 35.4 Å². The fourth-order valence-electron chi connectivity index (χ4n) is 2.82. The van der Waals surface area contributed by atoms with Crippen molar-refractivity contribution in [2.24, 2.45) is 11.7 Å². The standard InChI is InChI=1S/C16H26N2/c1-3-16(17)15-8-10-18(11-9-15)12-14-6-4-13(2)5-7-14/h4-7,15-16H,3,8-12,17H2,1-2H3. The number of piperidine rings is 1. The highest BCUT2D eigenvalue weighted by atomic mass is 15.1. The molecule has 0 aliphatic carbocycles. The topological polar surface area (TPSA) is 29.3 Å². The quantitative estimate of drug-likeness (QED) is 0.885. The molecular formula is C16H26N2. The van der Waals surface area contributed by atoms with Gasteiger partial charge < -0.3 is 5.73 Å². The Labute approximate surface area is 111 Å². The van der Waals surface area contributed by atoms with E-state index in [2.05, 4.69) is 43.0 Å². The van der Waals surface area contributed by atoms with Crippen LogP contribution in [-0.4, -0.2) is 24.0 Å². The van der Waals surface area contributed by atoms with Crippen molar-refractivity contribution in [1.82, 2.24) is 4.90 Å². The lowest BCUT2D eigenvalue weighted by atomic mass is 9.88. The molecule has 0 amide bonds. The molecule has 2 N–H and O–H groups in total. The first-order chi connectivity index (χ1) is 8.69. The number of nitrogens with two attached hydrogens (primary N) is 1. The highest BCUT2D eigenvalue weighted by Crippen LogP contribution is 2.22. The fraction of sp³-hybridized carbons (Fsp3) is 0.625. The number of hydrogen-bond donors (Lipinski definition) is 1. The number of rotatable bonds is 4. The van der Waals surface area contributed by atoms with Gasteiger partial charge in [-0.15, -0.1) is 0 Å². The van der Waals surface area contributed by atoms with Crippen molar-refractivity contribution in [3.63, 3.8) is 0 Å². The summed E-state index contributed by atoms with van der Waals surface area (Å²) in [4.78, 5) is 2.56. The Kier molecular flexibility index (Phi) is 4.79. The van der Waals surface area contributed by atoms with E-state index in [1.54, 1.807) is 0 Å². The normalized spacial score (nSPS) is 19.9. The van der Waals surface area contributed by atoms with Crippen LogP contribution < -0.4 is 5.73 Å². The molecule has 18 heavy (non-hydrogen) atoms. The predicted octanol–water partition coefficient (Wildman–Crippen LogP) is 2.94. The molecule has 0 saturated carbocycles. The van der Waals surface area contributed by atoms with Gasteiger partial charge in [0.05, 0.1) is 0 Å². The van der Waals surface area contributed by atoms with E-state index in [4.69, 9.17) is 5.73 Å². The van der Waals surface area contributed by atoms with Crippen molar-refractivity contribution in [2.45, 2.75) is 45.7 Å². The average molecular weight is 246 g/mol. The van der Waals surface area contributed by atoms with E-state index in [1.165, 1.54) is 37.1 Å². The summed E-state index contributed by atoms with van der Waals surface area (Å²) in [5.74, 6) is 0.740. The van der Waals surface area contributed by atoms with Crippen LogP contribution in [0.3, 0.4) is 0 Å². The maximum Gasteiger partial charge on any atom is 0.0233 e. The molecule has 2 nitrogen and oxygen atoms in total. The van der Waals surface area contributed by atoms with Gasteiger partial charge in [0.1, 0.15) is 0 Å². The van der Waals surface area contributed by atoms with E-state index in [9.17, 15) is 0 Å². The zero-order valence-electron chi connectivity index (χ0n) is 11.7. The number of aryl methyl sites for hydroxylation is 1. The van der Waals surface area contributed by atoms with E-state index in [0.717, 1.165) is 18.9 Å².